The van der Waals surface area contributed by atoms with Crippen molar-refractivity contribution in [1.29, 1.82) is 0 Å². The number of benzene rings is 1. The summed E-state index contributed by atoms with van der Waals surface area (Å²) in [5, 5.41) is 5.49. The predicted molar refractivity (Wildman–Crippen MR) is 90.2 cm³/mol. The first-order valence-corrected chi connectivity index (χ1v) is 9.11. The predicted octanol–water partition coefficient (Wildman–Crippen LogP) is 3.21. The quantitative estimate of drug-likeness (QED) is 0.815. The Morgan fingerprint density at radius 2 is 1.96 bits per heavy atom. The molecule has 0 saturated heterocycles. The van der Waals surface area contributed by atoms with Crippen LogP contribution in [0.25, 0.3) is 0 Å². The number of rotatable bonds is 6. The summed E-state index contributed by atoms with van der Waals surface area (Å²) in [7, 11) is 0. The molecule has 0 aliphatic heterocycles. The van der Waals surface area contributed by atoms with Crippen molar-refractivity contribution in [1.82, 2.24) is 10.6 Å². The minimum atomic E-state index is -2.65. The number of hydrogen-bond donors (Lipinski definition) is 2. The lowest BCUT2D eigenvalue weighted by atomic mass is 9.88. The van der Waals surface area contributed by atoms with Crippen molar-refractivity contribution >= 4 is 12.0 Å². The van der Waals surface area contributed by atoms with Gasteiger partial charge in [0.25, 0.3) is 11.8 Å². The Balaban J connectivity index is 1.27. The molecule has 3 aliphatic carbocycles. The second kappa shape index (κ2) is 6.52. The van der Waals surface area contributed by atoms with Gasteiger partial charge in [0.15, 0.2) is 0 Å². The van der Waals surface area contributed by atoms with Crippen molar-refractivity contribution < 1.29 is 23.1 Å². The smallest absolute Gasteiger partial charge is 0.407 e. The molecule has 7 heteroatoms. The summed E-state index contributed by atoms with van der Waals surface area (Å²) in [4.78, 5) is 24.0. The van der Waals surface area contributed by atoms with Gasteiger partial charge in [0.2, 0.25) is 0 Å². The molecule has 0 unspecified atom stereocenters. The van der Waals surface area contributed by atoms with Crippen LogP contribution in [0.5, 0.6) is 0 Å². The van der Waals surface area contributed by atoms with E-state index in [0.717, 1.165) is 24.8 Å². The number of carbonyl (C=O) groups excluding carboxylic acids is 2. The van der Waals surface area contributed by atoms with Gasteiger partial charge in [0.1, 0.15) is 0 Å². The van der Waals surface area contributed by atoms with Crippen LogP contribution in [0.2, 0.25) is 0 Å². The second-order valence-corrected chi connectivity index (χ2v) is 7.69. The Labute approximate surface area is 150 Å². The Kier molecular flexibility index (Phi) is 4.32. The molecular formula is C19H22F2N2O3. The summed E-state index contributed by atoms with van der Waals surface area (Å²) < 4.78 is 30.9. The van der Waals surface area contributed by atoms with Gasteiger partial charge < -0.3 is 15.4 Å². The standard InChI is InChI=1S/C19H22F2N2O3/c20-19(21)8-14(9-19)22-17(24)13-3-1-2-12(6-13)15-7-16(15)23-18(25)26-10-11-4-5-11/h1-3,6,11,14-16H,4-5,7-10H2,(H,22,24)(H,23,25)/t15-,16+/m0/s1. The third-order valence-corrected chi connectivity index (χ3v) is 5.24. The van der Waals surface area contributed by atoms with Gasteiger partial charge in [0, 0.05) is 36.4 Å². The SMILES string of the molecule is O=C(N[C@@H]1C[C@H]1c1cccc(C(=O)NC2CC(F)(F)C2)c1)OCC1CC1. The minimum absolute atomic E-state index is 0.0188. The van der Waals surface area contributed by atoms with Crippen LogP contribution in [0.15, 0.2) is 24.3 Å². The van der Waals surface area contributed by atoms with E-state index in [0.29, 0.717) is 18.1 Å². The first-order chi connectivity index (χ1) is 12.4. The highest BCUT2D eigenvalue weighted by Crippen LogP contribution is 2.41. The maximum absolute atomic E-state index is 12.9. The Morgan fingerprint density at radius 3 is 2.65 bits per heavy atom. The van der Waals surface area contributed by atoms with Crippen LogP contribution in [-0.4, -0.2) is 36.6 Å². The van der Waals surface area contributed by atoms with E-state index in [1.54, 1.807) is 18.2 Å². The molecule has 3 saturated carbocycles. The molecule has 26 heavy (non-hydrogen) atoms. The van der Waals surface area contributed by atoms with Crippen molar-refractivity contribution in [2.75, 3.05) is 6.61 Å². The average molecular weight is 364 g/mol. The highest BCUT2D eigenvalue weighted by molar-refractivity contribution is 5.94. The Bertz CT molecular complexity index is 712. The highest BCUT2D eigenvalue weighted by atomic mass is 19.3. The molecule has 2 atom stereocenters. The van der Waals surface area contributed by atoms with Gasteiger partial charge in [-0.15, -0.1) is 0 Å². The molecular weight excluding hydrogens is 342 g/mol. The van der Waals surface area contributed by atoms with E-state index in [4.69, 9.17) is 4.74 Å². The van der Waals surface area contributed by atoms with Crippen molar-refractivity contribution in [2.24, 2.45) is 5.92 Å². The average Bonchev–Trinajstić information content (AvgIpc) is 3.47. The topological polar surface area (TPSA) is 67.4 Å². The molecule has 1 aromatic carbocycles. The summed E-state index contributed by atoms with van der Waals surface area (Å²) in [6.45, 7) is 0.485. The summed E-state index contributed by atoms with van der Waals surface area (Å²) in [5.74, 6) is -2.30. The lowest BCUT2D eigenvalue weighted by Gasteiger charge is -2.35. The molecule has 0 spiro atoms. The van der Waals surface area contributed by atoms with Crippen LogP contribution < -0.4 is 10.6 Å². The molecule has 0 aromatic heterocycles. The third kappa shape index (κ3) is 4.14. The maximum atomic E-state index is 12.9. The number of nitrogens with one attached hydrogen (secondary N) is 2. The van der Waals surface area contributed by atoms with E-state index in [-0.39, 0.29) is 36.8 Å². The zero-order chi connectivity index (χ0) is 18.3. The zero-order valence-corrected chi connectivity index (χ0v) is 14.3. The fourth-order valence-corrected chi connectivity index (χ4v) is 3.34. The van der Waals surface area contributed by atoms with E-state index in [2.05, 4.69) is 10.6 Å². The molecule has 2 N–H and O–H groups in total. The molecule has 3 fully saturated rings. The second-order valence-electron chi connectivity index (χ2n) is 7.69. The van der Waals surface area contributed by atoms with Crippen LogP contribution in [0.4, 0.5) is 13.6 Å². The third-order valence-electron chi connectivity index (χ3n) is 5.24. The fraction of sp³-hybridized carbons (Fsp3) is 0.579. The number of halogens is 2. The number of amides is 2. The lowest BCUT2D eigenvalue weighted by molar-refractivity contribution is -0.0901. The first-order valence-electron chi connectivity index (χ1n) is 9.11. The maximum Gasteiger partial charge on any atom is 0.407 e. The van der Waals surface area contributed by atoms with E-state index in [1.807, 2.05) is 6.07 Å². The van der Waals surface area contributed by atoms with Crippen molar-refractivity contribution in [3.63, 3.8) is 0 Å². The number of carbonyl (C=O) groups is 2. The minimum Gasteiger partial charge on any atom is -0.449 e. The van der Waals surface area contributed by atoms with Gasteiger partial charge in [-0.1, -0.05) is 12.1 Å². The normalized spacial score (nSPS) is 26.5. The summed E-state index contributed by atoms with van der Waals surface area (Å²) in [6, 6.07) is 6.69. The van der Waals surface area contributed by atoms with Gasteiger partial charge in [-0.05, 0) is 42.9 Å². The van der Waals surface area contributed by atoms with Gasteiger partial charge in [-0.25, -0.2) is 13.6 Å². The van der Waals surface area contributed by atoms with Gasteiger partial charge in [0.05, 0.1) is 6.61 Å². The number of alkyl halides is 2. The van der Waals surface area contributed by atoms with Crippen LogP contribution in [0.3, 0.4) is 0 Å². The van der Waals surface area contributed by atoms with Crippen LogP contribution in [0.1, 0.15) is 53.9 Å². The number of hydrogen-bond acceptors (Lipinski definition) is 3. The summed E-state index contributed by atoms with van der Waals surface area (Å²) in [5.41, 5.74) is 1.42. The highest BCUT2D eigenvalue weighted by Gasteiger charge is 2.46. The van der Waals surface area contributed by atoms with Crippen LogP contribution in [0, 0.1) is 5.92 Å². The van der Waals surface area contributed by atoms with E-state index >= 15 is 0 Å². The molecule has 3 aliphatic rings. The molecule has 140 valence electrons. The molecule has 1 aromatic rings. The van der Waals surface area contributed by atoms with Gasteiger partial charge in [-0.2, -0.15) is 0 Å². The van der Waals surface area contributed by atoms with Crippen molar-refractivity contribution in [2.45, 2.75) is 56.0 Å². The van der Waals surface area contributed by atoms with Crippen LogP contribution in [-0.2, 0) is 4.74 Å². The van der Waals surface area contributed by atoms with Crippen molar-refractivity contribution in [3.8, 4) is 0 Å². The Hall–Kier alpha value is -2.18. The monoisotopic (exact) mass is 364 g/mol. The molecule has 4 rings (SSSR count). The van der Waals surface area contributed by atoms with E-state index in [9.17, 15) is 18.4 Å². The molecule has 0 radical (unpaired) electrons. The summed E-state index contributed by atoms with van der Waals surface area (Å²) >= 11 is 0. The van der Waals surface area contributed by atoms with Gasteiger partial charge in [-0.3, -0.25) is 4.79 Å². The van der Waals surface area contributed by atoms with Gasteiger partial charge >= 0.3 is 6.09 Å². The summed E-state index contributed by atoms with van der Waals surface area (Å²) in [6.07, 6.45) is 2.09. The van der Waals surface area contributed by atoms with Crippen LogP contribution >= 0.6 is 0 Å². The molecule has 0 heterocycles. The van der Waals surface area contributed by atoms with Crippen molar-refractivity contribution in [3.05, 3.63) is 35.4 Å². The Morgan fingerprint density at radius 1 is 1.19 bits per heavy atom. The lowest BCUT2D eigenvalue weighted by Crippen LogP contribution is -2.50. The number of alkyl carbamates (subject to hydrolysis) is 1. The van der Waals surface area contributed by atoms with E-state index in [1.165, 1.54) is 0 Å². The number of ether oxygens (including phenoxy) is 1. The first kappa shape index (κ1) is 17.2. The fourth-order valence-electron chi connectivity index (χ4n) is 3.34. The zero-order valence-electron chi connectivity index (χ0n) is 14.3. The largest absolute Gasteiger partial charge is 0.449 e. The molecule has 0 bridgehead atoms. The van der Waals surface area contributed by atoms with E-state index < -0.39 is 12.0 Å². The molecule has 2 amide bonds. The molecule has 5 nitrogen and oxygen atoms in total.